The van der Waals surface area contributed by atoms with E-state index in [9.17, 15) is 4.79 Å². The number of H-pyrrole nitrogens is 2. The van der Waals surface area contributed by atoms with Gasteiger partial charge in [0.1, 0.15) is 12.4 Å². The molecule has 6 nitrogen and oxygen atoms in total. The summed E-state index contributed by atoms with van der Waals surface area (Å²) in [5.74, 6) is 0.836. The molecule has 2 aromatic carbocycles. The number of pyridine rings is 1. The quantitative estimate of drug-likeness (QED) is 0.514. The maximum atomic E-state index is 12.6. The number of aromatic nitrogens is 2. The minimum absolute atomic E-state index is 0.100. The molecule has 5 rings (SSSR count). The van der Waals surface area contributed by atoms with E-state index < -0.39 is 0 Å². The summed E-state index contributed by atoms with van der Waals surface area (Å²) in [5.41, 5.74) is 3.16. The molecule has 2 N–H and O–H groups in total. The van der Waals surface area contributed by atoms with Crippen LogP contribution < -0.4 is 10.3 Å². The lowest BCUT2D eigenvalue weighted by Crippen LogP contribution is -2.27. The van der Waals surface area contributed by atoms with Crippen LogP contribution in [0.5, 0.6) is 5.75 Å². The predicted molar refractivity (Wildman–Crippen MR) is 119 cm³/mol. The summed E-state index contributed by atoms with van der Waals surface area (Å²) in [6.45, 7) is 3.56. The van der Waals surface area contributed by atoms with Crippen LogP contribution in [0.3, 0.4) is 0 Å². The number of fused-ring (bicyclic) bond motifs is 2. The maximum absolute atomic E-state index is 12.6. The van der Waals surface area contributed by atoms with Gasteiger partial charge < -0.3 is 19.4 Å². The Hall–Kier alpha value is -3.09. The summed E-state index contributed by atoms with van der Waals surface area (Å²) < 4.78 is 11.4. The fraction of sp³-hybridized carbons (Fsp3) is 0.292. The number of hydrogen-bond donors (Lipinski definition) is 2. The average Bonchev–Trinajstić information content (AvgIpc) is 3.39. The molecule has 6 heteroatoms. The zero-order chi connectivity index (χ0) is 20.5. The summed E-state index contributed by atoms with van der Waals surface area (Å²) in [4.78, 5) is 21.3. The highest BCUT2D eigenvalue weighted by atomic mass is 16.5. The largest absolute Gasteiger partial charge is 0.492 e. The number of nitrogens with zero attached hydrogens (tertiary/aromatic N) is 1. The Morgan fingerprint density at radius 3 is 2.77 bits per heavy atom. The van der Waals surface area contributed by atoms with Crippen molar-refractivity contribution in [3.63, 3.8) is 0 Å². The first-order valence-corrected chi connectivity index (χ1v) is 10.3. The molecule has 0 aliphatic carbocycles. The van der Waals surface area contributed by atoms with Gasteiger partial charge in [0.15, 0.2) is 0 Å². The van der Waals surface area contributed by atoms with Crippen LogP contribution >= 0.6 is 0 Å². The molecular weight excluding hydrogens is 378 g/mol. The van der Waals surface area contributed by atoms with Crippen molar-refractivity contribution in [2.45, 2.75) is 12.5 Å². The van der Waals surface area contributed by atoms with E-state index in [0.717, 1.165) is 59.3 Å². The number of methoxy groups -OCH3 is 1. The lowest BCUT2D eigenvalue weighted by atomic mass is 10.1. The van der Waals surface area contributed by atoms with Crippen molar-refractivity contribution in [1.29, 1.82) is 0 Å². The number of rotatable bonds is 6. The summed E-state index contributed by atoms with van der Waals surface area (Å²) in [6.07, 6.45) is 1.43. The summed E-state index contributed by atoms with van der Waals surface area (Å²) in [6, 6.07) is 17.7. The minimum Gasteiger partial charge on any atom is -0.492 e. The molecule has 0 bridgehead atoms. The van der Waals surface area contributed by atoms with Crippen LogP contribution in [-0.2, 0) is 4.74 Å². The van der Waals surface area contributed by atoms with E-state index in [1.54, 1.807) is 7.11 Å². The van der Waals surface area contributed by atoms with Gasteiger partial charge in [-0.1, -0.05) is 18.2 Å². The second kappa shape index (κ2) is 7.97. The third kappa shape index (κ3) is 3.72. The third-order valence-electron chi connectivity index (χ3n) is 5.87. The molecule has 154 valence electrons. The van der Waals surface area contributed by atoms with Gasteiger partial charge in [0, 0.05) is 43.2 Å². The Labute approximate surface area is 174 Å². The molecule has 30 heavy (non-hydrogen) atoms. The van der Waals surface area contributed by atoms with Crippen molar-refractivity contribution in [2.24, 2.45) is 0 Å². The molecule has 2 aromatic heterocycles. The second-order valence-electron chi connectivity index (χ2n) is 7.83. The van der Waals surface area contributed by atoms with E-state index in [-0.39, 0.29) is 5.56 Å². The van der Waals surface area contributed by atoms with Crippen molar-refractivity contribution in [3.8, 4) is 17.0 Å². The van der Waals surface area contributed by atoms with Crippen LogP contribution in [0.25, 0.3) is 33.1 Å². The second-order valence-corrected chi connectivity index (χ2v) is 7.83. The molecule has 1 aliphatic heterocycles. The Kier molecular flexibility index (Phi) is 5.02. The van der Waals surface area contributed by atoms with Crippen molar-refractivity contribution < 1.29 is 9.47 Å². The lowest BCUT2D eigenvalue weighted by Gasteiger charge is -2.15. The highest BCUT2D eigenvalue weighted by Gasteiger charge is 2.21. The fourth-order valence-electron chi connectivity index (χ4n) is 4.18. The molecule has 0 spiro atoms. The number of nitrogens with one attached hydrogen (secondary N) is 2. The Morgan fingerprint density at radius 2 is 1.90 bits per heavy atom. The van der Waals surface area contributed by atoms with E-state index >= 15 is 0 Å². The van der Waals surface area contributed by atoms with Crippen LogP contribution in [0.4, 0.5) is 0 Å². The summed E-state index contributed by atoms with van der Waals surface area (Å²) in [5, 5.41) is 2.03. The first-order valence-electron chi connectivity index (χ1n) is 10.3. The van der Waals surface area contributed by atoms with Gasteiger partial charge in [0.05, 0.1) is 17.4 Å². The molecule has 0 saturated carbocycles. The van der Waals surface area contributed by atoms with E-state index in [2.05, 4.69) is 14.9 Å². The average molecular weight is 403 g/mol. The number of para-hydroxylation sites is 1. The molecular formula is C24H25N3O3. The molecule has 1 aliphatic rings. The topological polar surface area (TPSA) is 70.3 Å². The normalized spacial score (nSPS) is 17.2. The monoisotopic (exact) mass is 403 g/mol. The molecule has 1 unspecified atom stereocenters. The molecule has 1 saturated heterocycles. The van der Waals surface area contributed by atoms with Crippen LogP contribution in [0.15, 0.2) is 59.4 Å². The minimum atomic E-state index is -0.100. The van der Waals surface area contributed by atoms with Crippen LogP contribution in [0.1, 0.15) is 6.42 Å². The van der Waals surface area contributed by atoms with Crippen LogP contribution in [0.2, 0.25) is 0 Å². The van der Waals surface area contributed by atoms with Crippen molar-refractivity contribution in [3.05, 3.63) is 65.0 Å². The zero-order valence-electron chi connectivity index (χ0n) is 17.0. The van der Waals surface area contributed by atoms with Gasteiger partial charge in [-0.3, -0.25) is 9.69 Å². The van der Waals surface area contributed by atoms with Gasteiger partial charge in [-0.25, -0.2) is 0 Å². The smallest absolute Gasteiger partial charge is 0.257 e. The van der Waals surface area contributed by atoms with Crippen LogP contribution in [0, 0.1) is 0 Å². The first-order chi connectivity index (χ1) is 14.7. The van der Waals surface area contributed by atoms with Gasteiger partial charge in [-0.2, -0.15) is 0 Å². The Morgan fingerprint density at radius 1 is 1.03 bits per heavy atom. The molecule has 1 fully saturated rings. The molecule has 0 amide bonds. The highest BCUT2D eigenvalue weighted by Crippen LogP contribution is 2.27. The van der Waals surface area contributed by atoms with Gasteiger partial charge in [-0.05, 0) is 48.2 Å². The van der Waals surface area contributed by atoms with Crippen molar-refractivity contribution >= 4 is 21.8 Å². The lowest BCUT2D eigenvalue weighted by molar-refractivity contribution is 0.106. The number of ether oxygens (including phenoxy) is 2. The van der Waals surface area contributed by atoms with Gasteiger partial charge in [0.25, 0.3) is 5.56 Å². The van der Waals surface area contributed by atoms with Crippen molar-refractivity contribution in [1.82, 2.24) is 14.9 Å². The van der Waals surface area contributed by atoms with Gasteiger partial charge in [0.2, 0.25) is 0 Å². The molecule has 3 heterocycles. The van der Waals surface area contributed by atoms with E-state index in [1.165, 1.54) is 0 Å². The first kappa shape index (κ1) is 18.9. The number of likely N-dealkylation sites (tertiary alicyclic amines) is 1. The van der Waals surface area contributed by atoms with Gasteiger partial charge in [-0.15, -0.1) is 0 Å². The SMILES string of the molecule is COC1CCN(CCOc2ccc3[nH]c(-c4cc5ccccc5[nH]c4=O)cc3c2)C1. The number of hydrogen-bond acceptors (Lipinski definition) is 4. The Balaban J connectivity index is 1.33. The molecule has 0 radical (unpaired) electrons. The molecule has 4 aromatic rings. The summed E-state index contributed by atoms with van der Waals surface area (Å²) >= 11 is 0. The zero-order valence-corrected chi connectivity index (χ0v) is 17.0. The van der Waals surface area contributed by atoms with E-state index in [0.29, 0.717) is 18.3 Å². The fourth-order valence-corrected chi connectivity index (χ4v) is 4.18. The van der Waals surface area contributed by atoms with E-state index in [1.807, 2.05) is 54.6 Å². The molecule has 1 atom stereocenters. The van der Waals surface area contributed by atoms with Gasteiger partial charge >= 0.3 is 0 Å². The van der Waals surface area contributed by atoms with Crippen molar-refractivity contribution in [2.75, 3.05) is 33.4 Å². The number of aromatic amines is 2. The number of benzene rings is 2. The van der Waals surface area contributed by atoms with Crippen LogP contribution in [-0.4, -0.2) is 54.3 Å². The van der Waals surface area contributed by atoms with E-state index in [4.69, 9.17) is 9.47 Å². The third-order valence-corrected chi connectivity index (χ3v) is 5.87. The highest BCUT2D eigenvalue weighted by molar-refractivity contribution is 5.89. The standard InChI is InChI=1S/C24H25N3O3/c1-29-19-8-9-27(15-19)10-11-30-18-6-7-22-17(12-18)14-23(25-22)20-13-16-4-2-3-5-21(16)26-24(20)28/h2-7,12-14,19,25H,8-11,15H2,1H3,(H,26,28). The maximum Gasteiger partial charge on any atom is 0.257 e. The Bertz CT molecular complexity index is 1240. The predicted octanol–water partition coefficient (Wildman–Crippen LogP) is 3.78. The summed E-state index contributed by atoms with van der Waals surface area (Å²) in [7, 11) is 1.77.